The van der Waals surface area contributed by atoms with Crippen molar-refractivity contribution >= 4 is 28.1 Å². The van der Waals surface area contributed by atoms with Crippen LogP contribution < -0.4 is 15.0 Å². The van der Waals surface area contributed by atoms with Crippen molar-refractivity contribution in [2.75, 3.05) is 20.8 Å². The summed E-state index contributed by atoms with van der Waals surface area (Å²) in [6, 6.07) is 5.18. The van der Waals surface area contributed by atoms with E-state index in [1.807, 2.05) is 25.3 Å². The van der Waals surface area contributed by atoms with E-state index in [9.17, 15) is 9.59 Å². The van der Waals surface area contributed by atoms with Gasteiger partial charge < -0.3 is 19.4 Å². The molecule has 0 aliphatic heterocycles. The van der Waals surface area contributed by atoms with Gasteiger partial charge in [0.15, 0.2) is 11.5 Å². The number of hydrogen-bond donors (Lipinski definition) is 1. The van der Waals surface area contributed by atoms with E-state index in [1.165, 1.54) is 25.6 Å². The standard InChI is InChI=1S/C19H21N3O4S/c1-5-22(19(24)17-11(2)6-7-27-17)10-16-20-13-9-15(26-4)14(25-3)8-12(13)18(23)21-16/h6-9H,5,10H2,1-4H3,(H,20,21,23). The van der Waals surface area contributed by atoms with E-state index >= 15 is 0 Å². The monoisotopic (exact) mass is 387 g/mol. The van der Waals surface area contributed by atoms with Crippen molar-refractivity contribution in [3.63, 3.8) is 0 Å². The van der Waals surface area contributed by atoms with Gasteiger partial charge in [-0.05, 0) is 36.9 Å². The molecule has 0 aliphatic rings. The molecule has 3 rings (SSSR count). The predicted octanol–water partition coefficient (Wildman–Crippen LogP) is 2.97. The van der Waals surface area contributed by atoms with Gasteiger partial charge in [0, 0.05) is 12.6 Å². The molecule has 142 valence electrons. The fraction of sp³-hybridized carbons (Fsp3) is 0.316. The van der Waals surface area contributed by atoms with Crippen LogP contribution >= 0.6 is 11.3 Å². The number of carbonyl (C=O) groups is 1. The van der Waals surface area contributed by atoms with Gasteiger partial charge >= 0.3 is 0 Å². The number of carbonyl (C=O) groups excluding carboxylic acids is 1. The minimum atomic E-state index is -0.285. The van der Waals surface area contributed by atoms with Gasteiger partial charge in [0.1, 0.15) is 5.82 Å². The number of methoxy groups -OCH3 is 2. The van der Waals surface area contributed by atoms with Crippen LogP contribution in [0.2, 0.25) is 0 Å². The van der Waals surface area contributed by atoms with Crippen LogP contribution in [0.4, 0.5) is 0 Å². The number of hydrogen-bond acceptors (Lipinski definition) is 6. The van der Waals surface area contributed by atoms with Gasteiger partial charge in [0.25, 0.3) is 11.5 Å². The molecule has 0 radical (unpaired) electrons. The average molecular weight is 387 g/mol. The predicted molar refractivity (Wildman–Crippen MR) is 105 cm³/mol. The van der Waals surface area contributed by atoms with E-state index in [1.54, 1.807) is 17.0 Å². The molecule has 27 heavy (non-hydrogen) atoms. The lowest BCUT2D eigenvalue weighted by molar-refractivity contribution is 0.0752. The third kappa shape index (κ3) is 3.66. The second kappa shape index (κ2) is 7.79. The molecule has 0 atom stereocenters. The van der Waals surface area contributed by atoms with Crippen molar-refractivity contribution in [2.45, 2.75) is 20.4 Å². The molecule has 0 saturated carbocycles. The molecule has 2 aromatic heterocycles. The van der Waals surface area contributed by atoms with Crippen LogP contribution in [0, 0.1) is 6.92 Å². The highest BCUT2D eigenvalue weighted by atomic mass is 32.1. The summed E-state index contributed by atoms with van der Waals surface area (Å²) in [5.41, 5.74) is 1.15. The smallest absolute Gasteiger partial charge is 0.264 e. The molecule has 8 heteroatoms. The molecule has 7 nitrogen and oxygen atoms in total. The van der Waals surface area contributed by atoms with Crippen molar-refractivity contribution in [2.24, 2.45) is 0 Å². The highest BCUT2D eigenvalue weighted by Gasteiger charge is 2.19. The first kappa shape index (κ1) is 18.9. The fourth-order valence-corrected chi connectivity index (χ4v) is 3.72. The number of benzene rings is 1. The Morgan fingerprint density at radius 2 is 1.96 bits per heavy atom. The number of nitrogens with zero attached hydrogens (tertiary/aromatic N) is 2. The van der Waals surface area contributed by atoms with Crippen molar-refractivity contribution < 1.29 is 14.3 Å². The number of thiophene rings is 1. The van der Waals surface area contributed by atoms with E-state index in [0.717, 1.165) is 5.56 Å². The van der Waals surface area contributed by atoms with Crippen molar-refractivity contribution in [3.8, 4) is 11.5 Å². The first-order chi connectivity index (χ1) is 13.0. The maximum absolute atomic E-state index is 12.8. The SMILES string of the molecule is CCN(Cc1nc2cc(OC)c(OC)cc2c(=O)[nH]1)C(=O)c1sccc1C. The number of ether oxygens (including phenoxy) is 2. The second-order valence-corrected chi connectivity index (χ2v) is 6.91. The normalized spacial score (nSPS) is 10.8. The van der Waals surface area contributed by atoms with Crippen LogP contribution in [0.3, 0.4) is 0 Å². The Morgan fingerprint density at radius 1 is 1.26 bits per heavy atom. The molecule has 0 aliphatic carbocycles. The number of aromatic amines is 1. The minimum absolute atomic E-state index is 0.0694. The Labute approximate surface area is 160 Å². The Bertz CT molecular complexity index is 1040. The highest BCUT2D eigenvalue weighted by molar-refractivity contribution is 7.12. The largest absolute Gasteiger partial charge is 0.493 e. The number of H-pyrrole nitrogens is 1. The summed E-state index contributed by atoms with van der Waals surface area (Å²) in [5.74, 6) is 1.31. The fourth-order valence-electron chi connectivity index (χ4n) is 2.83. The molecule has 0 saturated heterocycles. The summed E-state index contributed by atoms with van der Waals surface area (Å²) in [7, 11) is 3.04. The summed E-state index contributed by atoms with van der Waals surface area (Å²) in [5, 5.41) is 2.30. The molecule has 0 unspecified atom stereocenters. The number of nitrogens with one attached hydrogen (secondary N) is 1. The van der Waals surface area contributed by atoms with Gasteiger partial charge in [-0.2, -0.15) is 0 Å². The van der Waals surface area contributed by atoms with Crippen LogP contribution in [0.25, 0.3) is 10.9 Å². The van der Waals surface area contributed by atoms with Gasteiger partial charge in [-0.3, -0.25) is 9.59 Å². The van der Waals surface area contributed by atoms with Crippen LogP contribution in [0.15, 0.2) is 28.4 Å². The summed E-state index contributed by atoms with van der Waals surface area (Å²) in [6.07, 6.45) is 0. The molecule has 3 aromatic rings. The molecular weight excluding hydrogens is 366 g/mol. The molecule has 0 fully saturated rings. The lowest BCUT2D eigenvalue weighted by atomic mass is 10.2. The van der Waals surface area contributed by atoms with E-state index in [0.29, 0.717) is 39.6 Å². The van der Waals surface area contributed by atoms with Gasteiger partial charge in [-0.25, -0.2) is 4.98 Å². The first-order valence-electron chi connectivity index (χ1n) is 8.46. The maximum atomic E-state index is 12.8. The highest BCUT2D eigenvalue weighted by Crippen LogP contribution is 2.30. The van der Waals surface area contributed by atoms with Crippen LogP contribution in [0.5, 0.6) is 11.5 Å². The molecule has 0 bridgehead atoms. The average Bonchev–Trinajstić information content (AvgIpc) is 3.10. The number of aromatic nitrogens is 2. The maximum Gasteiger partial charge on any atom is 0.264 e. The Kier molecular flexibility index (Phi) is 5.46. The van der Waals surface area contributed by atoms with Crippen molar-refractivity contribution in [1.29, 1.82) is 0 Å². The zero-order chi connectivity index (χ0) is 19.6. The quantitative estimate of drug-likeness (QED) is 0.703. The van der Waals surface area contributed by atoms with Gasteiger partial charge in [0.05, 0.1) is 36.5 Å². The Morgan fingerprint density at radius 3 is 2.56 bits per heavy atom. The van der Waals surface area contributed by atoms with E-state index < -0.39 is 0 Å². The molecule has 1 aromatic carbocycles. The Hall–Kier alpha value is -2.87. The first-order valence-corrected chi connectivity index (χ1v) is 9.34. The topological polar surface area (TPSA) is 84.5 Å². The number of fused-ring (bicyclic) bond motifs is 1. The van der Waals surface area contributed by atoms with Crippen LogP contribution in [-0.2, 0) is 6.54 Å². The number of aryl methyl sites for hydroxylation is 1. The van der Waals surface area contributed by atoms with Crippen LogP contribution in [0.1, 0.15) is 28.0 Å². The summed E-state index contributed by atoms with van der Waals surface area (Å²) in [6.45, 7) is 4.53. The van der Waals surface area contributed by atoms with Crippen molar-refractivity contribution in [3.05, 3.63) is 50.2 Å². The number of rotatable bonds is 6. The zero-order valence-corrected chi connectivity index (χ0v) is 16.5. The molecule has 2 heterocycles. The molecule has 1 amide bonds. The van der Waals surface area contributed by atoms with E-state index in [-0.39, 0.29) is 18.0 Å². The Balaban J connectivity index is 1.97. The van der Waals surface area contributed by atoms with Gasteiger partial charge in [-0.15, -0.1) is 11.3 Å². The lowest BCUT2D eigenvalue weighted by Crippen LogP contribution is -2.31. The molecule has 1 N–H and O–H groups in total. The third-order valence-electron chi connectivity index (χ3n) is 4.33. The summed E-state index contributed by atoms with van der Waals surface area (Å²) in [4.78, 5) is 34.9. The van der Waals surface area contributed by atoms with Gasteiger partial charge in [-0.1, -0.05) is 0 Å². The minimum Gasteiger partial charge on any atom is -0.493 e. The second-order valence-electron chi connectivity index (χ2n) is 5.99. The van der Waals surface area contributed by atoms with E-state index in [2.05, 4.69) is 9.97 Å². The molecular formula is C19H21N3O4S. The number of amides is 1. The summed E-state index contributed by atoms with van der Waals surface area (Å²) < 4.78 is 10.5. The lowest BCUT2D eigenvalue weighted by Gasteiger charge is -2.20. The van der Waals surface area contributed by atoms with Crippen molar-refractivity contribution in [1.82, 2.24) is 14.9 Å². The van der Waals surface area contributed by atoms with Crippen LogP contribution in [-0.4, -0.2) is 41.5 Å². The summed E-state index contributed by atoms with van der Waals surface area (Å²) >= 11 is 1.41. The zero-order valence-electron chi connectivity index (χ0n) is 15.7. The van der Waals surface area contributed by atoms with E-state index in [4.69, 9.17) is 9.47 Å². The van der Waals surface area contributed by atoms with Gasteiger partial charge in [0.2, 0.25) is 0 Å². The third-order valence-corrected chi connectivity index (χ3v) is 5.33. The molecule has 0 spiro atoms.